The Bertz CT molecular complexity index is 421. The van der Waals surface area contributed by atoms with Gasteiger partial charge in [0.05, 0.1) is 6.61 Å². The summed E-state index contributed by atoms with van der Waals surface area (Å²) in [5, 5.41) is 0. The van der Waals surface area contributed by atoms with Crippen LogP contribution in [0, 0.1) is 0 Å². The van der Waals surface area contributed by atoms with Gasteiger partial charge in [-0.2, -0.15) is 0 Å². The van der Waals surface area contributed by atoms with Gasteiger partial charge in [0.1, 0.15) is 0 Å². The van der Waals surface area contributed by atoms with E-state index in [0.717, 1.165) is 12.0 Å². The zero-order valence-electron chi connectivity index (χ0n) is 13.0. The smallest absolute Gasteiger partial charge is 0.333 e. The Hall–Kier alpha value is -1.57. The molecule has 0 radical (unpaired) electrons. The molecule has 0 aromatic carbocycles. The van der Waals surface area contributed by atoms with Gasteiger partial charge in [0, 0.05) is 5.57 Å². The van der Waals surface area contributed by atoms with Gasteiger partial charge in [-0.3, -0.25) is 0 Å². The maximum Gasteiger partial charge on any atom is 0.333 e. The Morgan fingerprint density at radius 3 is 1.95 bits per heavy atom. The van der Waals surface area contributed by atoms with E-state index in [1.807, 2.05) is 19.9 Å². The highest BCUT2D eigenvalue weighted by Crippen LogP contribution is 2.10. The lowest BCUT2D eigenvalue weighted by Gasteiger charge is -2.02. The maximum atomic E-state index is 11.5. The minimum atomic E-state index is -0.251. The minimum absolute atomic E-state index is 0.251. The van der Waals surface area contributed by atoms with Crippen LogP contribution < -0.4 is 0 Å². The Morgan fingerprint density at radius 2 is 1.42 bits per heavy atom. The summed E-state index contributed by atoms with van der Waals surface area (Å²) >= 11 is 0. The van der Waals surface area contributed by atoms with E-state index < -0.39 is 0 Å². The first-order valence-corrected chi connectivity index (χ1v) is 6.79. The quantitative estimate of drug-likeness (QED) is 0.392. The van der Waals surface area contributed by atoms with Gasteiger partial charge in [-0.05, 0) is 47.1 Å². The number of hydrogen-bond donors (Lipinski definition) is 0. The maximum absolute atomic E-state index is 11.5. The van der Waals surface area contributed by atoms with Gasteiger partial charge in [-0.1, -0.05) is 41.9 Å². The standard InChI is InChI=1S/C17H26O2/c1-7-9-13(3)10-14(4)11-15(5)12-16(6)17(18)19-8-2/h9-12H,7-8H2,1-6H3/b13-9+,14-10+,15-11-,16-12-. The third-order valence-electron chi connectivity index (χ3n) is 2.48. The predicted molar refractivity (Wildman–Crippen MR) is 82.0 cm³/mol. The van der Waals surface area contributed by atoms with Crippen molar-refractivity contribution in [1.29, 1.82) is 0 Å². The average molecular weight is 262 g/mol. The lowest BCUT2D eigenvalue weighted by molar-refractivity contribution is -0.138. The second kappa shape index (κ2) is 9.37. The van der Waals surface area contributed by atoms with Crippen LogP contribution in [-0.4, -0.2) is 12.6 Å². The molecule has 106 valence electrons. The fourth-order valence-electron chi connectivity index (χ4n) is 1.83. The molecule has 2 heteroatoms. The Balaban J connectivity index is 4.86. The first-order chi connectivity index (χ1) is 8.90. The molecule has 0 unspecified atom stereocenters. The molecular formula is C17H26O2. The highest BCUT2D eigenvalue weighted by Gasteiger charge is 2.03. The molecule has 0 aromatic rings. The fourth-order valence-corrected chi connectivity index (χ4v) is 1.83. The molecule has 19 heavy (non-hydrogen) atoms. The molecule has 0 rings (SSSR count). The summed E-state index contributed by atoms with van der Waals surface area (Å²) in [7, 11) is 0. The van der Waals surface area contributed by atoms with Crippen molar-refractivity contribution in [3.05, 3.63) is 46.6 Å². The van der Waals surface area contributed by atoms with Crippen LogP contribution in [0.3, 0.4) is 0 Å². The van der Waals surface area contributed by atoms with E-state index in [9.17, 15) is 4.79 Å². The third kappa shape index (κ3) is 8.20. The summed E-state index contributed by atoms with van der Waals surface area (Å²) in [6.07, 6.45) is 9.29. The summed E-state index contributed by atoms with van der Waals surface area (Å²) in [6, 6.07) is 0. The SMILES string of the molecule is CC/C=C(C)/C=C(C)/C=C(C)\C=C(\C)C(=O)OCC. The first-order valence-electron chi connectivity index (χ1n) is 6.79. The van der Waals surface area contributed by atoms with Crippen molar-refractivity contribution in [1.82, 2.24) is 0 Å². The van der Waals surface area contributed by atoms with Gasteiger partial charge in [0.2, 0.25) is 0 Å². The van der Waals surface area contributed by atoms with Crippen LogP contribution in [0.4, 0.5) is 0 Å². The molecule has 0 spiro atoms. The van der Waals surface area contributed by atoms with E-state index >= 15 is 0 Å². The van der Waals surface area contributed by atoms with Crippen LogP contribution in [-0.2, 0) is 9.53 Å². The summed E-state index contributed by atoms with van der Waals surface area (Å²) in [5.41, 5.74) is 4.11. The van der Waals surface area contributed by atoms with Gasteiger partial charge in [-0.25, -0.2) is 4.79 Å². The van der Waals surface area contributed by atoms with Crippen molar-refractivity contribution in [2.24, 2.45) is 0 Å². The third-order valence-corrected chi connectivity index (χ3v) is 2.48. The van der Waals surface area contributed by atoms with Crippen LogP contribution in [0.1, 0.15) is 48.0 Å². The van der Waals surface area contributed by atoms with Crippen LogP contribution in [0.5, 0.6) is 0 Å². The fraction of sp³-hybridized carbons (Fsp3) is 0.471. The zero-order valence-corrected chi connectivity index (χ0v) is 13.0. The van der Waals surface area contributed by atoms with Crippen LogP contribution in [0.25, 0.3) is 0 Å². The van der Waals surface area contributed by atoms with Crippen molar-refractivity contribution in [3.63, 3.8) is 0 Å². The highest BCUT2D eigenvalue weighted by atomic mass is 16.5. The van der Waals surface area contributed by atoms with Crippen LogP contribution in [0.2, 0.25) is 0 Å². The van der Waals surface area contributed by atoms with Crippen LogP contribution in [0.15, 0.2) is 46.6 Å². The van der Waals surface area contributed by atoms with Gasteiger partial charge in [0.15, 0.2) is 0 Å². The topological polar surface area (TPSA) is 26.3 Å². The van der Waals surface area contributed by atoms with E-state index in [1.165, 1.54) is 11.1 Å². The molecule has 0 amide bonds. The van der Waals surface area contributed by atoms with Crippen molar-refractivity contribution in [2.45, 2.75) is 48.0 Å². The lowest BCUT2D eigenvalue weighted by atomic mass is 10.1. The summed E-state index contributed by atoms with van der Waals surface area (Å²) in [6.45, 7) is 12.3. The summed E-state index contributed by atoms with van der Waals surface area (Å²) in [4.78, 5) is 11.5. The monoisotopic (exact) mass is 262 g/mol. The molecule has 0 aromatic heterocycles. The molecule has 0 aliphatic rings. The zero-order chi connectivity index (χ0) is 14.8. The van der Waals surface area contributed by atoms with E-state index in [4.69, 9.17) is 4.74 Å². The second-order valence-electron chi connectivity index (χ2n) is 4.68. The molecule has 0 saturated heterocycles. The number of hydrogen-bond acceptors (Lipinski definition) is 2. The Kier molecular flexibility index (Phi) is 8.60. The summed E-state index contributed by atoms with van der Waals surface area (Å²) in [5.74, 6) is -0.251. The Morgan fingerprint density at radius 1 is 0.895 bits per heavy atom. The molecular weight excluding hydrogens is 236 g/mol. The minimum Gasteiger partial charge on any atom is -0.463 e. The van der Waals surface area contributed by atoms with Crippen LogP contribution >= 0.6 is 0 Å². The molecule has 0 aliphatic heterocycles. The Labute approximate surface area is 117 Å². The molecule has 2 nitrogen and oxygen atoms in total. The number of carbonyl (C=O) groups is 1. The van der Waals surface area contributed by atoms with E-state index in [2.05, 4.69) is 39.0 Å². The van der Waals surface area contributed by atoms with Crippen molar-refractivity contribution in [3.8, 4) is 0 Å². The number of allylic oxidation sites excluding steroid dienone is 7. The molecule has 0 heterocycles. The van der Waals surface area contributed by atoms with Crippen molar-refractivity contribution in [2.75, 3.05) is 6.61 Å². The van der Waals surface area contributed by atoms with Gasteiger partial charge < -0.3 is 4.74 Å². The normalized spacial score (nSPS) is 14.6. The van der Waals surface area contributed by atoms with Crippen molar-refractivity contribution >= 4 is 5.97 Å². The largest absolute Gasteiger partial charge is 0.463 e. The molecule has 0 fully saturated rings. The number of carbonyl (C=O) groups excluding carboxylic acids is 1. The highest BCUT2D eigenvalue weighted by molar-refractivity contribution is 5.88. The van der Waals surface area contributed by atoms with E-state index in [1.54, 1.807) is 6.92 Å². The summed E-state index contributed by atoms with van der Waals surface area (Å²) < 4.78 is 4.95. The van der Waals surface area contributed by atoms with E-state index in [0.29, 0.717) is 12.2 Å². The predicted octanol–water partition coefficient (Wildman–Crippen LogP) is 4.74. The lowest BCUT2D eigenvalue weighted by Crippen LogP contribution is -2.05. The number of rotatable bonds is 6. The first kappa shape index (κ1) is 17.4. The molecule has 0 aliphatic carbocycles. The second-order valence-corrected chi connectivity index (χ2v) is 4.68. The van der Waals surface area contributed by atoms with Gasteiger partial charge in [0.25, 0.3) is 0 Å². The number of esters is 1. The molecule has 0 atom stereocenters. The molecule has 0 N–H and O–H groups in total. The number of ether oxygens (including phenoxy) is 1. The van der Waals surface area contributed by atoms with E-state index in [-0.39, 0.29) is 5.97 Å². The average Bonchev–Trinajstić information content (AvgIpc) is 2.28. The van der Waals surface area contributed by atoms with Gasteiger partial charge in [-0.15, -0.1) is 0 Å². The molecule has 0 bridgehead atoms. The van der Waals surface area contributed by atoms with Gasteiger partial charge >= 0.3 is 5.97 Å². The molecule has 0 saturated carbocycles. The van der Waals surface area contributed by atoms with Crippen molar-refractivity contribution < 1.29 is 9.53 Å².